The van der Waals surface area contributed by atoms with E-state index in [1.807, 2.05) is 6.20 Å². The van der Waals surface area contributed by atoms with Crippen LogP contribution in [0.1, 0.15) is 31.9 Å². The highest BCUT2D eigenvalue weighted by Crippen LogP contribution is 2.23. The summed E-state index contributed by atoms with van der Waals surface area (Å²) in [6, 6.07) is 0. The normalized spacial score (nSPS) is 11.2. The van der Waals surface area contributed by atoms with Crippen LogP contribution in [0.25, 0.3) is 0 Å². The highest BCUT2D eigenvalue weighted by Gasteiger charge is 2.14. The molecule has 0 radical (unpaired) electrons. The predicted molar refractivity (Wildman–Crippen MR) is 82.0 cm³/mol. The van der Waals surface area contributed by atoms with E-state index in [2.05, 4.69) is 23.4 Å². The Bertz CT molecular complexity index is 435. The average molecular weight is 316 g/mol. The second kappa shape index (κ2) is 9.81. The van der Waals surface area contributed by atoms with Crippen LogP contribution in [0.5, 0.6) is 0 Å². The second-order valence-electron chi connectivity index (χ2n) is 4.91. The maximum atomic E-state index is 10.7. The Labute approximate surface area is 129 Å². The molecule has 120 valence electrons. The number of methoxy groups -OCH3 is 1. The molecule has 0 unspecified atom stereocenters. The van der Waals surface area contributed by atoms with Gasteiger partial charge < -0.3 is 19.1 Å². The van der Waals surface area contributed by atoms with Crippen LogP contribution in [0.4, 0.5) is 0 Å². The van der Waals surface area contributed by atoms with Gasteiger partial charge in [-0.3, -0.25) is 4.79 Å². The van der Waals surface area contributed by atoms with Gasteiger partial charge in [-0.05, 0) is 12.3 Å². The Balaban J connectivity index is 2.55. The van der Waals surface area contributed by atoms with E-state index < -0.39 is 5.97 Å². The lowest BCUT2D eigenvalue weighted by Gasteiger charge is -2.13. The number of rotatable bonds is 11. The van der Waals surface area contributed by atoms with Crippen LogP contribution in [-0.2, 0) is 20.8 Å². The quantitative estimate of drug-likeness (QED) is 0.498. The van der Waals surface area contributed by atoms with Crippen molar-refractivity contribution in [3.63, 3.8) is 0 Å². The number of imidazole rings is 1. The molecule has 0 amide bonds. The van der Waals surface area contributed by atoms with E-state index >= 15 is 0 Å². The van der Waals surface area contributed by atoms with E-state index in [9.17, 15) is 4.79 Å². The molecule has 0 aliphatic heterocycles. The van der Waals surface area contributed by atoms with Gasteiger partial charge in [-0.25, -0.2) is 4.98 Å². The molecule has 0 aliphatic carbocycles. The number of carbonyl (C=O) groups is 1. The van der Waals surface area contributed by atoms with Crippen molar-refractivity contribution < 1.29 is 19.4 Å². The number of hydrogen-bond donors (Lipinski definition) is 1. The maximum Gasteiger partial charge on any atom is 0.313 e. The van der Waals surface area contributed by atoms with E-state index in [-0.39, 0.29) is 5.75 Å². The Hall–Kier alpha value is -1.05. The minimum atomic E-state index is -0.830. The predicted octanol–water partition coefficient (Wildman–Crippen LogP) is 2.24. The number of carboxylic acid groups (broad SMARTS) is 1. The molecule has 0 spiro atoms. The molecular weight excluding hydrogens is 292 g/mol. The molecule has 1 aromatic rings. The molecule has 0 bridgehead atoms. The number of thioether (sulfide) groups is 1. The van der Waals surface area contributed by atoms with Gasteiger partial charge in [0.25, 0.3) is 0 Å². The number of aliphatic carboxylic acids is 1. The Morgan fingerprint density at radius 3 is 2.81 bits per heavy atom. The zero-order valence-corrected chi connectivity index (χ0v) is 13.7. The summed E-state index contributed by atoms with van der Waals surface area (Å²) < 4.78 is 12.5. The van der Waals surface area contributed by atoms with Crippen molar-refractivity contribution in [2.24, 2.45) is 0 Å². The monoisotopic (exact) mass is 316 g/mol. The van der Waals surface area contributed by atoms with Gasteiger partial charge in [0.2, 0.25) is 0 Å². The summed E-state index contributed by atoms with van der Waals surface area (Å²) in [5.74, 6) is -0.451. The summed E-state index contributed by atoms with van der Waals surface area (Å²) in [6.07, 6.45) is 2.70. The lowest BCUT2D eigenvalue weighted by Crippen LogP contribution is -2.10. The first kappa shape index (κ1) is 18.0. The van der Waals surface area contributed by atoms with Gasteiger partial charge >= 0.3 is 5.97 Å². The standard InChI is InChI=1S/C14H24N2O4S/c1-11(2)12-9-15-14(21-10-13(17)18)16(12)5-4-6-20-8-7-19-3/h9,11H,4-8,10H2,1-3H3,(H,17,18). The third-order valence-electron chi connectivity index (χ3n) is 2.87. The minimum absolute atomic E-state index is 0.0267. The number of carboxylic acids is 1. The molecule has 0 aromatic carbocycles. The summed E-state index contributed by atoms with van der Waals surface area (Å²) in [7, 11) is 1.65. The minimum Gasteiger partial charge on any atom is -0.481 e. The summed E-state index contributed by atoms with van der Waals surface area (Å²) >= 11 is 1.26. The van der Waals surface area contributed by atoms with Gasteiger partial charge in [0, 0.05) is 32.2 Å². The van der Waals surface area contributed by atoms with E-state index in [0.29, 0.717) is 25.7 Å². The molecule has 7 heteroatoms. The molecule has 1 rings (SSSR count). The Morgan fingerprint density at radius 2 is 2.19 bits per heavy atom. The van der Waals surface area contributed by atoms with Crippen LogP contribution >= 0.6 is 11.8 Å². The van der Waals surface area contributed by atoms with Crippen molar-refractivity contribution in [1.29, 1.82) is 0 Å². The average Bonchev–Trinajstić information content (AvgIpc) is 2.83. The van der Waals surface area contributed by atoms with Gasteiger partial charge in [0.1, 0.15) is 0 Å². The number of hydrogen-bond acceptors (Lipinski definition) is 5. The molecule has 0 fully saturated rings. The highest BCUT2D eigenvalue weighted by molar-refractivity contribution is 7.99. The lowest BCUT2D eigenvalue weighted by molar-refractivity contribution is -0.133. The van der Waals surface area contributed by atoms with Gasteiger partial charge in [-0.2, -0.15) is 0 Å². The molecule has 1 heterocycles. The number of ether oxygens (including phenoxy) is 2. The molecule has 0 aliphatic rings. The SMILES string of the molecule is COCCOCCCn1c(C(C)C)cnc1SCC(=O)O. The smallest absolute Gasteiger partial charge is 0.313 e. The molecule has 1 aromatic heterocycles. The van der Waals surface area contributed by atoms with Crippen molar-refractivity contribution in [1.82, 2.24) is 9.55 Å². The van der Waals surface area contributed by atoms with Crippen LogP contribution < -0.4 is 0 Å². The lowest BCUT2D eigenvalue weighted by atomic mass is 10.1. The number of aromatic nitrogens is 2. The summed E-state index contributed by atoms with van der Waals surface area (Å²) in [5, 5.41) is 9.55. The maximum absolute atomic E-state index is 10.7. The highest BCUT2D eigenvalue weighted by atomic mass is 32.2. The molecule has 21 heavy (non-hydrogen) atoms. The third-order valence-corrected chi connectivity index (χ3v) is 3.84. The van der Waals surface area contributed by atoms with Gasteiger partial charge in [-0.15, -0.1) is 0 Å². The first-order valence-electron chi connectivity index (χ1n) is 7.03. The second-order valence-corrected chi connectivity index (χ2v) is 5.86. The van der Waals surface area contributed by atoms with E-state index in [1.54, 1.807) is 7.11 Å². The van der Waals surface area contributed by atoms with Crippen molar-refractivity contribution in [2.75, 3.05) is 32.7 Å². The zero-order valence-electron chi connectivity index (χ0n) is 12.9. The van der Waals surface area contributed by atoms with Crippen molar-refractivity contribution in [3.8, 4) is 0 Å². The van der Waals surface area contributed by atoms with E-state index in [0.717, 1.165) is 23.8 Å². The first-order valence-corrected chi connectivity index (χ1v) is 8.01. The van der Waals surface area contributed by atoms with Crippen LogP contribution in [0, 0.1) is 0 Å². The fourth-order valence-electron chi connectivity index (χ4n) is 1.87. The summed E-state index contributed by atoms with van der Waals surface area (Å²) in [6.45, 7) is 6.84. The molecule has 0 atom stereocenters. The Kier molecular flexibility index (Phi) is 8.41. The van der Waals surface area contributed by atoms with Gasteiger partial charge in [-0.1, -0.05) is 25.6 Å². The fourth-order valence-corrected chi connectivity index (χ4v) is 2.60. The largest absolute Gasteiger partial charge is 0.481 e. The van der Waals surface area contributed by atoms with Crippen LogP contribution in [0.2, 0.25) is 0 Å². The van der Waals surface area contributed by atoms with E-state index in [1.165, 1.54) is 11.8 Å². The molecule has 0 saturated heterocycles. The van der Waals surface area contributed by atoms with Gasteiger partial charge in [0.15, 0.2) is 5.16 Å². The fraction of sp³-hybridized carbons (Fsp3) is 0.714. The Morgan fingerprint density at radius 1 is 1.43 bits per heavy atom. The van der Waals surface area contributed by atoms with Crippen LogP contribution in [0.15, 0.2) is 11.4 Å². The molecule has 1 N–H and O–H groups in total. The van der Waals surface area contributed by atoms with Crippen molar-refractivity contribution in [2.45, 2.75) is 37.9 Å². The van der Waals surface area contributed by atoms with Crippen LogP contribution in [-0.4, -0.2) is 53.3 Å². The summed E-state index contributed by atoms with van der Waals surface area (Å²) in [5.41, 5.74) is 1.12. The van der Waals surface area contributed by atoms with Gasteiger partial charge in [0.05, 0.1) is 19.0 Å². The van der Waals surface area contributed by atoms with E-state index in [4.69, 9.17) is 14.6 Å². The van der Waals surface area contributed by atoms with Crippen molar-refractivity contribution in [3.05, 3.63) is 11.9 Å². The summed E-state index contributed by atoms with van der Waals surface area (Å²) in [4.78, 5) is 15.0. The molecular formula is C14H24N2O4S. The van der Waals surface area contributed by atoms with Crippen LogP contribution in [0.3, 0.4) is 0 Å². The topological polar surface area (TPSA) is 73.6 Å². The number of nitrogens with zero attached hydrogens (tertiary/aromatic N) is 2. The zero-order chi connectivity index (χ0) is 15.7. The molecule has 6 nitrogen and oxygen atoms in total. The first-order chi connectivity index (χ1) is 10.1. The third kappa shape index (κ3) is 6.50. The molecule has 0 saturated carbocycles. The van der Waals surface area contributed by atoms with Crippen molar-refractivity contribution >= 4 is 17.7 Å².